The Morgan fingerprint density at radius 3 is 2.62 bits per heavy atom. The largest absolute Gasteiger partial charge is 0.394 e. The number of rotatable bonds is 2. The molecule has 1 aliphatic heterocycles. The molecule has 1 amide bonds. The highest BCUT2D eigenvalue weighted by molar-refractivity contribution is 5.84. The minimum atomic E-state index is 0.0184. The Kier molecular flexibility index (Phi) is 3.59. The van der Waals surface area contributed by atoms with Gasteiger partial charge in [0.2, 0.25) is 5.91 Å². The van der Waals surface area contributed by atoms with Crippen LogP contribution in [0.15, 0.2) is 0 Å². The number of Topliss-reactive ketones (excluding diaryl/α,β-unsaturated/α-hetero) is 1. The molecule has 4 heteroatoms. The van der Waals surface area contributed by atoms with Crippen molar-refractivity contribution in [1.29, 1.82) is 0 Å². The number of hydrogen-bond acceptors (Lipinski definition) is 3. The maximum Gasteiger partial charge on any atom is 0.226 e. The van der Waals surface area contributed by atoms with Crippen molar-refractivity contribution < 1.29 is 14.7 Å². The fraction of sp³-hybridized carbons (Fsp3) is 0.833. The zero-order chi connectivity index (χ0) is 11.5. The summed E-state index contributed by atoms with van der Waals surface area (Å²) < 4.78 is 0. The molecule has 2 aliphatic rings. The Balaban J connectivity index is 1.94. The third kappa shape index (κ3) is 2.26. The summed E-state index contributed by atoms with van der Waals surface area (Å²) in [5.74, 6) is 0.457. The summed E-state index contributed by atoms with van der Waals surface area (Å²) in [7, 11) is 0. The molecular weight excluding hydrogens is 206 g/mol. The molecule has 1 saturated heterocycles. The first-order valence-electron chi connectivity index (χ1n) is 6.15. The number of aliphatic hydroxyl groups is 1. The number of ketones is 1. The predicted octanol–water partition coefficient (Wildman–Crippen LogP) is 0.729. The quantitative estimate of drug-likeness (QED) is 0.753. The standard InChI is InChI=1S/C12H19NO3/c14-8-10-2-1-7-13(10)12(16)9-3-5-11(15)6-4-9/h9-10,14H,1-8H2. The van der Waals surface area contributed by atoms with Crippen LogP contribution in [0.25, 0.3) is 0 Å². The second-order valence-electron chi connectivity index (χ2n) is 4.82. The molecule has 1 N–H and O–H groups in total. The molecule has 1 saturated carbocycles. The molecular formula is C12H19NO3. The maximum absolute atomic E-state index is 12.2. The second-order valence-corrected chi connectivity index (χ2v) is 4.82. The van der Waals surface area contributed by atoms with E-state index in [1.807, 2.05) is 4.90 Å². The fourth-order valence-electron chi connectivity index (χ4n) is 2.74. The van der Waals surface area contributed by atoms with E-state index in [2.05, 4.69) is 0 Å². The first-order valence-corrected chi connectivity index (χ1v) is 6.15. The minimum absolute atomic E-state index is 0.0184. The summed E-state index contributed by atoms with van der Waals surface area (Å²) in [6, 6.07) is 0.0186. The van der Waals surface area contributed by atoms with E-state index in [1.165, 1.54) is 0 Å². The molecule has 4 nitrogen and oxygen atoms in total. The molecule has 0 radical (unpaired) electrons. The van der Waals surface area contributed by atoms with E-state index in [9.17, 15) is 14.7 Å². The SMILES string of the molecule is O=C1CCC(C(=O)N2CCCC2CO)CC1. The van der Waals surface area contributed by atoms with Crippen molar-refractivity contribution in [3.63, 3.8) is 0 Å². The lowest BCUT2D eigenvalue weighted by Gasteiger charge is -2.29. The van der Waals surface area contributed by atoms with Crippen LogP contribution in [-0.4, -0.2) is 40.9 Å². The van der Waals surface area contributed by atoms with Crippen molar-refractivity contribution in [1.82, 2.24) is 4.90 Å². The zero-order valence-corrected chi connectivity index (χ0v) is 9.52. The number of hydrogen-bond donors (Lipinski definition) is 1. The third-order valence-corrected chi connectivity index (χ3v) is 3.76. The van der Waals surface area contributed by atoms with Crippen LogP contribution >= 0.6 is 0 Å². The average Bonchev–Trinajstić information content (AvgIpc) is 2.77. The molecule has 1 unspecified atom stereocenters. The highest BCUT2D eigenvalue weighted by Crippen LogP contribution is 2.27. The van der Waals surface area contributed by atoms with Gasteiger partial charge in [0.25, 0.3) is 0 Å². The van der Waals surface area contributed by atoms with E-state index in [4.69, 9.17) is 0 Å². The van der Waals surface area contributed by atoms with Crippen LogP contribution in [0.4, 0.5) is 0 Å². The lowest BCUT2D eigenvalue weighted by atomic mass is 9.87. The molecule has 16 heavy (non-hydrogen) atoms. The van der Waals surface area contributed by atoms with Crippen molar-refractivity contribution in [2.75, 3.05) is 13.2 Å². The second kappa shape index (κ2) is 4.95. The predicted molar refractivity (Wildman–Crippen MR) is 58.8 cm³/mol. The van der Waals surface area contributed by atoms with Gasteiger partial charge in [0.15, 0.2) is 0 Å². The van der Waals surface area contributed by atoms with Gasteiger partial charge in [-0.05, 0) is 25.7 Å². The van der Waals surface area contributed by atoms with E-state index < -0.39 is 0 Å². The van der Waals surface area contributed by atoms with Gasteiger partial charge in [0, 0.05) is 25.3 Å². The van der Waals surface area contributed by atoms with Gasteiger partial charge in [-0.15, -0.1) is 0 Å². The number of aliphatic hydroxyl groups excluding tert-OH is 1. The van der Waals surface area contributed by atoms with E-state index in [1.54, 1.807) is 0 Å². The summed E-state index contributed by atoms with van der Waals surface area (Å²) >= 11 is 0. The molecule has 1 heterocycles. The molecule has 0 aromatic carbocycles. The Hall–Kier alpha value is -0.900. The maximum atomic E-state index is 12.2. The van der Waals surface area contributed by atoms with Crippen LogP contribution in [0, 0.1) is 5.92 Å². The Morgan fingerprint density at radius 2 is 2.00 bits per heavy atom. The van der Waals surface area contributed by atoms with Gasteiger partial charge in [-0.1, -0.05) is 0 Å². The van der Waals surface area contributed by atoms with E-state index in [-0.39, 0.29) is 30.3 Å². The number of carbonyl (C=O) groups is 2. The molecule has 2 rings (SSSR count). The molecule has 90 valence electrons. The molecule has 0 spiro atoms. The van der Waals surface area contributed by atoms with Crippen molar-refractivity contribution >= 4 is 11.7 Å². The van der Waals surface area contributed by atoms with E-state index in [0.29, 0.717) is 25.7 Å². The smallest absolute Gasteiger partial charge is 0.226 e. The van der Waals surface area contributed by atoms with Crippen LogP contribution in [0.3, 0.4) is 0 Å². The summed E-state index contributed by atoms with van der Waals surface area (Å²) in [5.41, 5.74) is 0. The Bertz CT molecular complexity index is 280. The summed E-state index contributed by atoms with van der Waals surface area (Å²) in [6.07, 6.45) is 4.40. The Labute approximate surface area is 95.6 Å². The zero-order valence-electron chi connectivity index (χ0n) is 9.52. The average molecular weight is 225 g/mol. The van der Waals surface area contributed by atoms with E-state index >= 15 is 0 Å². The van der Waals surface area contributed by atoms with Crippen LogP contribution in [0.1, 0.15) is 38.5 Å². The third-order valence-electron chi connectivity index (χ3n) is 3.76. The van der Waals surface area contributed by atoms with Crippen molar-refractivity contribution in [3.8, 4) is 0 Å². The number of likely N-dealkylation sites (tertiary alicyclic amines) is 1. The van der Waals surface area contributed by atoms with Gasteiger partial charge in [-0.3, -0.25) is 9.59 Å². The van der Waals surface area contributed by atoms with Gasteiger partial charge >= 0.3 is 0 Å². The monoisotopic (exact) mass is 225 g/mol. The van der Waals surface area contributed by atoms with Crippen LogP contribution < -0.4 is 0 Å². The van der Waals surface area contributed by atoms with Gasteiger partial charge in [0.1, 0.15) is 5.78 Å². The van der Waals surface area contributed by atoms with Gasteiger partial charge < -0.3 is 10.0 Å². The highest BCUT2D eigenvalue weighted by atomic mass is 16.3. The lowest BCUT2D eigenvalue weighted by molar-refractivity contribution is -0.139. The summed E-state index contributed by atoms with van der Waals surface area (Å²) in [6.45, 7) is 0.839. The summed E-state index contributed by atoms with van der Waals surface area (Å²) in [4.78, 5) is 25.1. The molecule has 0 aromatic rings. The fourth-order valence-corrected chi connectivity index (χ4v) is 2.74. The first-order chi connectivity index (χ1) is 7.72. The van der Waals surface area contributed by atoms with Gasteiger partial charge in [0.05, 0.1) is 12.6 Å². The molecule has 1 aliphatic carbocycles. The normalized spacial score (nSPS) is 27.4. The van der Waals surface area contributed by atoms with Crippen LogP contribution in [-0.2, 0) is 9.59 Å². The van der Waals surface area contributed by atoms with Gasteiger partial charge in [-0.2, -0.15) is 0 Å². The number of carbonyl (C=O) groups excluding carboxylic acids is 2. The number of amides is 1. The van der Waals surface area contributed by atoms with Gasteiger partial charge in [-0.25, -0.2) is 0 Å². The molecule has 2 fully saturated rings. The molecule has 0 bridgehead atoms. The van der Waals surface area contributed by atoms with Crippen molar-refractivity contribution in [2.24, 2.45) is 5.92 Å². The summed E-state index contributed by atoms with van der Waals surface area (Å²) in [5, 5.41) is 9.18. The van der Waals surface area contributed by atoms with E-state index in [0.717, 1.165) is 19.4 Å². The minimum Gasteiger partial charge on any atom is -0.394 e. The highest BCUT2D eigenvalue weighted by Gasteiger charge is 2.34. The van der Waals surface area contributed by atoms with Crippen LogP contribution in [0.2, 0.25) is 0 Å². The topological polar surface area (TPSA) is 57.6 Å². The van der Waals surface area contributed by atoms with Crippen molar-refractivity contribution in [3.05, 3.63) is 0 Å². The Morgan fingerprint density at radius 1 is 1.31 bits per heavy atom. The van der Waals surface area contributed by atoms with Crippen LogP contribution in [0.5, 0.6) is 0 Å². The molecule has 0 aromatic heterocycles. The first kappa shape index (κ1) is 11.6. The lowest BCUT2D eigenvalue weighted by Crippen LogP contribution is -2.42. The number of nitrogens with zero attached hydrogens (tertiary/aromatic N) is 1. The van der Waals surface area contributed by atoms with Crippen molar-refractivity contribution in [2.45, 2.75) is 44.6 Å². The molecule has 1 atom stereocenters.